The predicted octanol–water partition coefficient (Wildman–Crippen LogP) is 6.27. The van der Waals surface area contributed by atoms with E-state index in [0.29, 0.717) is 0 Å². The minimum absolute atomic E-state index is 0.000961. The van der Waals surface area contributed by atoms with E-state index in [1.54, 1.807) is 0 Å². The second kappa shape index (κ2) is 9.37. The zero-order valence-corrected chi connectivity index (χ0v) is 19.9. The van der Waals surface area contributed by atoms with Crippen LogP contribution in [0, 0.1) is 11.6 Å². The Hall–Kier alpha value is -3.33. The number of nitrogens with zero attached hydrogens (tertiary/aromatic N) is 1. The zero-order chi connectivity index (χ0) is 25.6. The topological polar surface area (TPSA) is 87.1 Å². The number of carbonyl (C=O) groups excluding carboxylic acids is 2. The number of hydrogen-bond acceptors (Lipinski definition) is 5. The third-order valence-electron chi connectivity index (χ3n) is 5.39. The molecule has 35 heavy (non-hydrogen) atoms. The number of aromatic hydroxyl groups is 1. The minimum Gasteiger partial charge on any atom is -0.507 e. The van der Waals surface area contributed by atoms with Crippen LogP contribution in [0.3, 0.4) is 0 Å². The van der Waals surface area contributed by atoms with Gasteiger partial charge < -0.3 is 14.9 Å². The van der Waals surface area contributed by atoms with Crippen molar-refractivity contribution in [2.45, 2.75) is 6.04 Å². The summed E-state index contributed by atoms with van der Waals surface area (Å²) in [7, 11) is 1.34. The highest BCUT2D eigenvalue weighted by Crippen LogP contribution is 2.45. The lowest BCUT2D eigenvalue weighted by Crippen LogP contribution is -2.29. The van der Waals surface area contributed by atoms with Crippen LogP contribution in [0.4, 0.5) is 14.5 Å². The van der Waals surface area contributed by atoms with Gasteiger partial charge in [-0.2, -0.15) is 0 Å². The lowest BCUT2D eigenvalue weighted by Gasteiger charge is -2.26. The van der Waals surface area contributed by atoms with Gasteiger partial charge in [-0.25, -0.2) is 8.78 Å². The van der Waals surface area contributed by atoms with Crippen molar-refractivity contribution >= 4 is 57.9 Å². The van der Waals surface area contributed by atoms with Crippen LogP contribution in [0.5, 0.6) is 11.5 Å². The summed E-state index contributed by atoms with van der Waals surface area (Å²) in [6.45, 7) is 0. The number of phenolic OH excluding ortho intramolecular Hbond substituents is 1. The molecule has 1 unspecified atom stereocenters. The number of halogens is 5. The van der Waals surface area contributed by atoms with E-state index < -0.39 is 40.7 Å². The number of aliphatic hydroxyl groups excluding tert-OH is 1. The van der Waals surface area contributed by atoms with Crippen LogP contribution in [-0.4, -0.2) is 29.0 Å². The van der Waals surface area contributed by atoms with E-state index in [-0.39, 0.29) is 43.4 Å². The first kappa shape index (κ1) is 24.8. The van der Waals surface area contributed by atoms with E-state index in [2.05, 4.69) is 0 Å². The van der Waals surface area contributed by atoms with Crippen molar-refractivity contribution < 1.29 is 33.3 Å². The van der Waals surface area contributed by atoms with Gasteiger partial charge >= 0.3 is 0 Å². The Morgan fingerprint density at radius 3 is 2.17 bits per heavy atom. The molecule has 1 heterocycles. The molecule has 0 radical (unpaired) electrons. The maximum absolute atomic E-state index is 14.0. The third kappa shape index (κ3) is 4.29. The Kier molecular flexibility index (Phi) is 6.64. The number of methoxy groups -OCH3 is 1. The maximum atomic E-state index is 14.0. The molecule has 1 atom stereocenters. The summed E-state index contributed by atoms with van der Waals surface area (Å²) in [5, 5.41) is 20.9. The predicted molar refractivity (Wildman–Crippen MR) is 127 cm³/mol. The molecule has 0 aliphatic carbocycles. The van der Waals surface area contributed by atoms with Gasteiger partial charge in [0.2, 0.25) is 0 Å². The van der Waals surface area contributed by atoms with Gasteiger partial charge in [-0.05, 0) is 42.0 Å². The van der Waals surface area contributed by atoms with Crippen LogP contribution in [0.15, 0.2) is 54.1 Å². The fraction of sp³-hybridized carbons (Fsp3) is 0.0833. The molecule has 1 fully saturated rings. The molecule has 2 N–H and O–H groups in total. The number of amides is 1. The number of anilines is 1. The normalized spacial score (nSPS) is 17.2. The lowest BCUT2D eigenvalue weighted by molar-refractivity contribution is -0.132. The third-order valence-corrected chi connectivity index (χ3v) is 6.25. The minimum atomic E-state index is -1.32. The van der Waals surface area contributed by atoms with Crippen LogP contribution in [0.25, 0.3) is 5.76 Å². The molecule has 1 amide bonds. The number of Topliss-reactive ketones (excluding diaryl/α,β-unsaturated/α-hetero) is 1. The summed E-state index contributed by atoms with van der Waals surface area (Å²) >= 11 is 18.4. The molecule has 11 heteroatoms. The Labute approximate surface area is 212 Å². The van der Waals surface area contributed by atoms with E-state index in [1.807, 2.05) is 0 Å². The SMILES string of the molecule is COc1c(Cl)cc(/C(O)=C2\C(=O)C(=O)N(c3ccc(F)c(F)c3)C2c2ccc(O)c(Cl)c2)cc1Cl. The number of aliphatic hydroxyl groups is 1. The fourth-order valence-electron chi connectivity index (χ4n) is 3.79. The number of rotatable bonds is 4. The second-order valence-electron chi connectivity index (χ2n) is 7.45. The molecule has 3 aromatic rings. The van der Waals surface area contributed by atoms with Gasteiger partial charge in [0, 0.05) is 17.3 Å². The van der Waals surface area contributed by atoms with Crippen molar-refractivity contribution in [2.24, 2.45) is 0 Å². The molecule has 6 nitrogen and oxygen atoms in total. The number of benzene rings is 3. The quantitative estimate of drug-likeness (QED) is 0.232. The second-order valence-corrected chi connectivity index (χ2v) is 8.67. The van der Waals surface area contributed by atoms with Crippen molar-refractivity contribution in [2.75, 3.05) is 12.0 Å². The highest BCUT2D eigenvalue weighted by atomic mass is 35.5. The summed E-state index contributed by atoms with van der Waals surface area (Å²) in [6, 6.07) is 7.78. The molecule has 180 valence electrons. The van der Waals surface area contributed by atoms with E-state index in [9.17, 15) is 28.6 Å². The molecule has 0 bridgehead atoms. The molecule has 1 aliphatic heterocycles. The molecule has 0 aromatic heterocycles. The summed E-state index contributed by atoms with van der Waals surface area (Å²) in [4.78, 5) is 27.1. The molecular formula is C24H14Cl3F2NO5. The van der Waals surface area contributed by atoms with Crippen LogP contribution in [-0.2, 0) is 9.59 Å². The monoisotopic (exact) mass is 539 g/mol. The number of carbonyl (C=O) groups is 2. The molecule has 1 aliphatic rings. The highest BCUT2D eigenvalue weighted by molar-refractivity contribution is 6.52. The lowest BCUT2D eigenvalue weighted by atomic mass is 9.95. The van der Waals surface area contributed by atoms with Crippen molar-refractivity contribution in [3.63, 3.8) is 0 Å². The molecule has 0 saturated carbocycles. The van der Waals surface area contributed by atoms with Crippen molar-refractivity contribution in [1.82, 2.24) is 0 Å². The molecule has 4 rings (SSSR count). The number of ketones is 1. The van der Waals surface area contributed by atoms with Crippen molar-refractivity contribution in [3.05, 3.63) is 91.9 Å². The highest BCUT2D eigenvalue weighted by Gasteiger charge is 2.47. The van der Waals surface area contributed by atoms with Crippen LogP contribution >= 0.6 is 34.8 Å². The van der Waals surface area contributed by atoms with E-state index in [1.165, 1.54) is 37.4 Å². The number of phenols is 1. The van der Waals surface area contributed by atoms with Crippen molar-refractivity contribution in [1.29, 1.82) is 0 Å². The average molecular weight is 541 g/mol. The van der Waals surface area contributed by atoms with Gasteiger partial charge in [-0.15, -0.1) is 0 Å². The van der Waals surface area contributed by atoms with Gasteiger partial charge in [-0.3, -0.25) is 14.5 Å². The van der Waals surface area contributed by atoms with E-state index >= 15 is 0 Å². The largest absolute Gasteiger partial charge is 0.507 e. The Morgan fingerprint density at radius 1 is 0.943 bits per heavy atom. The standard InChI is InChI=1S/C24H14Cl3F2NO5/c1-35-23-14(26)7-11(8-15(23)27)21(32)19-20(10-2-5-18(31)13(25)6-10)30(24(34)22(19)33)12-3-4-16(28)17(29)9-12/h2-9,20,31-32H,1H3/b21-19+. The first-order valence-corrected chi connectivity index (χ1v) is 11.0. The van der Waals surface area contributed by atoms with Gasteiger partial charge in [0.25, 0.3) is 11.7 Å². The summed E-state index contributed by atoms with van der Waals surface area (Å²) < 4.78 is 32.7. The van der Waals surface area contributed by atoms with Crippen LogP contribution < -0.4 is 9.64 Å². The molecule has 1 saturated heterocycles. The fourth-order valence-corrected chi connectivity index (χ4v) is 4.62. The van der Waals surface area contributed by atoms with Gasteiger partial charge in [-0.1, -0.05) is 40.9 Å². The first-order chi connectivity index (χ1) is 16.5. The molecule has 0 spiro atoms. The smallest absolute Gasteiger partial charge is 0.300 e. The van der Waals surface area contributed by atoms with E-state index in [4.69, 9.17) is 39.5 Å². The maximum Gasteiger partial charge on any atom is 0.300 e. The van der Waals surface area contributed by atoms with Crippen LogP contribution in [0.1, 0.15) is 17.2 Å². The summed E-state index contributed by atoms with van der Waals surface area (Å²) in [5.41, 5.74) is -0.341. The summed E-state index contributed by atoms with van der Waals surface area (Å²) in [5.74, 6) is -5.39. The van der Waals surface area contributed by atoms with Gasteiger partial charge in [0.1, 0.15) is 11.5 Å². The average Bonchev–Trinajstić information content (AvgIpc) is 3.07. The Balaban J connectivity index is 1.99. The Bertz CT molecular complexity index is 1400. The van der Waals surface area contributed by atoms with Crippen molar-refractivity contribution in [3.8, 4) is 11.5 Å². The van der Waals surface area contributed by atoms with Gasteiger partial charge in [0.05, 0.1) is 33.8 Å². The first-order valence-electron chi connectivity index (χ1n) is 9.83. The van der Waals surface area contributed by atoms with E-state index in [0.717, 1.165) is 23.1 Å². The Morgan fingerprint density at radius 2 is 1.60 bits per heavy atom. The molecule has 3 aromatic carbocycles. The zero-order valence-electron chi connectivity index (χ0n) is 17.7. The summed E-state index contributed by atoms with van der Waals surface area (Å²) in [6.07, 6.45) is 0. The number of ether oxygens (including phenoxy) is 1. The van der Waals surface area contributed by atoms with Crippen LogP contribution in [0.2, 0.25) is 15.1 Å². The van der Waals surface area contributed by atoms with Gasteiger partial charge in [0.15, 0.2) is 17.4 Å². The molecular weight excluding hydrogens is 527 g/mol. The number of hydrogen-bond donors (Lipinski definition) is 2.